The zero-order valence-corrected chi connectivity index (χ0v) is 24.7. The van der Waals surface area contributed by atoms with Crippen LogP contribution in [0.1, 0.15) is 71.4 Å². The van der Waals surface area contributed by atoms with Gasteiger partial charge in [0.1, 0.15) is 12.2 Å². The number of ether oxygens (including phenoxy) is 2. The lowest BCUT2D eigenvalue weighted by Gasteiger charge is -2.50. The van der Waals surface area contributed by atoms with Crippen LogP contribution in [0.2, 0.25) is 5.02 Å². The van der Waals surface area contributed by atoms with Crippen LogP contribution < -0.4 is 10.6 Å². The topological polar surface area (TPSA) is 130 Å². The van der Waals surface area contributed by atoms with Gasteiger partial charge in [-0.2, -0.15) is 0 Å². The summed E-state index contributed by atoms with van der Waals surface area (Å²) in [7, 11) is 0. The number of nitrogens with one attached hydrogen (secondary N) is 2. The molecule has 2 aliphatic rings. The van der Waals surface area contributed by atoms with E-state index < -0.39 is 28.9 Å². The normalized spacial score (nSPS) is 24.2. The standard InChI is InChI=1S/C30H37ClN4O6/c1-6-30(39)15-20(16-30)35-23(36)17-29(5,34-25(35)33-27(38)41-28(2,3)4)21-13-10-14-22(24(21)31)32-26(37)40-18-19-11-8-7-9-12-19/h7-14,20,39H,6,15-18H2,1-5H3,(H,32,37)(H,33,34,38)/t20?,29-,30?/m0/s1. The summed E-state index contributed by atoms with van der Waals surface area (Å²) >= 11 is 6.77. The lowest BCUT2D eigenvalue weighted by atomic mass is 9.72. The van der Waals surface area contributed by atoms with Gasteiger partial charge in [-0.25, -0.2) is 14.6 Å². The van der Waals surface area contributed by atoms with Gasteiger partial charge in [-0.05, 0) is 58.6 Å². The molecule has 1 heterocycles. The highest BCUT2D eigenvalue weighted by molar-refractivity contribution is 6.34. The van der Waals surface area contributed by atoms with E-state index >= 15 is 0 Å². The number of guanidine groups is 1. The number of aliphatic imine (C=N–C) groups is 1. The lowest BCUT2D eigenvalue weighted by molar-refractivity contribution is -0.140. The summed E-state index contributed by atoms with van der Waals surface area (Å²) in [6.07, 6.45) is -0.203. The first-order chi connectivity index (χ1) is 19.2. The van der Waals surface area contributed by atoms with Crippen molar-refractivity contribution in [2.24, 2.45) is 4.99 Å². The molecule has 10 nitrogen and oxygen atoms in total. The van der Waals surface area contributed by atoms with Gasteiger partial charge in [0.2, 0.25) is 11.9 Å². The second-order valence-corrected chi connectivity index (χ2v) is 12.1. The van der Waals surface area contributed by atoms with Gasteiger partial charge < -0.3 is 14.6 Å². The number of halogens is 1. The third-order valence-electron chi connectivity index (χ3n) is 7.24. The zero-order chi connectivity index (χ0) is 30.0. The van der Waals surface area contributed by atoms with E-state index in [2.05, 4.69) is 10.6 Å². The Bertz CT molecular complexity index is 1340. The van der Waals surface area contributed by atoms with E-state index in [1.807, 2.05) is 37.3 Å². The minimum atomic E-state index is -1.18. The fourth-order valence-electron chi connectivity index (χ4n) is 5.04. The second kappa shape index (κ2) is 11.7. The van der Waals surface area contributed by atoms with Crippen molar-refractivity contribution < 1.29 is 29.0 Å². The molecule has 0 radical (unpaired) electrons. The molecular formula is C30H37ClN4O6. The van der Waals surface area contributed by atoms with Crippen molar-refractivity contribution in [2.75, 3.05) is 5.32 Å². The van der Waals surface area contributed by atoms with E-state index in [0.29, 0.717) is 30.5 Å². The number of nitrogens with zero attached hydrogens (tertiary/aromatic N) is 2. The van der Waals surface area contributed by atoms with Crippen LogP contribution in [0.5, 0.6) is 0 Å². The Morgan fingerprint density at radius 1 is 1.10 bits per heavy atom. The number of rotatable bonds is 6. The smallest absolute Gasteiger partial charge is 0.414 e. The maximum atomic E-state index is 13.6. The maximum Gasteiger partial charge on any atom is 0.414 e. The number of alkyl carbamates (subject to hydrolysis) is 1. The lowest BCUT2D eigenvalue weighted by Crippen LogP contribution is -2.63. The summed E-state index contributed by atoms with van der Waals surface area (Å²) in [5.41, 5.74) is -1.19. The van der Waals surface area contributed by atoms with Crippen LogP contribution in [0.25, 0.3) is 0 Å². The molecule has 220 valence electrons. The summed E-state index contributed by atoms with van der Waals surface area (Å²) in [5.74, 6) is -0.258. The summed E-state index contributed by atoms with van der Waals surface area (Å²) in [6, 6.07) is 14.0. The predicted molar refractivity (Wildman–Crippen MR) is 156 cm³/mol. The van der Waals surface area contributed by atoms with E-state index in [1.54, 1.807) is 45.9 Å². The molecule has 0 aromatic heterocycles. The van der Waals surface area contributed by atoms with Crippen molar-refractivity contribution in [1.29, 1.82) is 0 Å². The SMILES string of the molecule is CCC1(O)CC(N2C(=O)C[C@@](C)(c3cccc(NC(=O)OCc4ccccc4)c3Cl)N=C2NC(=O)OC(C)(C)C)C1. The molecular weight excluding hydrogens is 548 g/mol. The Kier molecular flexibility index (Phi) is 8.65. The molecule has 4 rings (SSSR count). The van der Waals surface area contributed by atoms with Gasteiger partial charge in [0.25, 0.3) is 0 Å². The van der Waals surface area contributed by atoms with Crippen molar-refractivity contribution >= 4 is 41.3 Å². The Morgan fingerprint density at radius 2 is 1.78 bits per heavy atom. The fraction of sp³-hybridized carbons (Fsp3) is 0.467. The minimum absolute atomic E-state index is 0.0258. The molecule has 1 saturated carbocycles. The molecule has 1 fully saturated rings. The molecule has 41 heavy (non-hydrogen) atoms. The van der Waals surface area contributed by atoms with Crippen LogP contribution in [0, 0.1) is 0 Å². The number of carbonyl (C=O) groups is 3. The van der Waals surface area contributed by atoms with Crippen molar-refractivity contribution in [3.8, 4) is 0 Å². The molecule has 0 bridgehead atoms. The Hall–Kier alpha value is -3.63. The van der Waals surface area contributed by atoms with Crippen molar-refractivity contribution in [2.45, 2.75) is 89.7 Å². The van der Waals surface area contributed by atoms with Crippen molar-refractivity contribution in [1.82, 2.24) is 10.2 Å². The van der Waals surface area contributed by atoms with Gasteiger partial charge in [-0.15, -0.1) is 0 Å². The molecule has 2 aromatic carbocycles. The quantitative estimate of drug-likeness (QED) is 0.398. The summed E-state index contributed by atoms with van der Waals surface area (Å²) in [5, 5.41) is 16.1. The first-order valence-electron chi connectivity index (χ1n) is 13.6. The van der Waals surface area contributed by atoms with Crippen LogP contribution in [-0.2, 0) is 26.4 Å². The molecule has 11 heteroatoms. The van der Waals surface area contributed by atoms with E-state index in [0.717, 1.165) is 5.56 Å². The minimum Gasteiger partial charge on any atom is -0.444 e. The van der Waals surface area contributed by atoms with Crippen LogP contribution >= 0.6 is 11.6 Å². The number of amides is 3. The molecule has 3 amide bonds. The first-order valence-corrected chi connectivity index (χ1v) is 14.0. The summed E-state index contributed by atoms with van der Waals surface area (Å²) in [4.78, 5) is 45.2. The summed E-state index contributed by atoms with van der Waals surface area (Å²) in [6.45, 7) is 8.92. The van der Waals surface area contributed by atoms with Crippen LogP contribution in [0.15, 0.2) is 53.5 Å². The number of aliphatic hydroxyl groups is 1. The van der Waals surface area contributed by atoms with E-state index in [1.165, 1.54) is 4.90 Å². The maximum absolute atomic E-state index is 13.6. The summed E-state index contributed by atoms with van der Waals surface area (Å²) < 4.78 is 10.7. The van der Waals surface area contributed by atoms with Crippen LogP contribution in [0.3, 0.4) is 0 Å². The average Bonchev–Trinajstić information content (AvgIpc) is 2.86. The highest BCUT2D eigenvalue weighted by atomic mass is 35.5. The van der Waals surface area contributed by atoms with Gasteiger partial charge in [-0.1, -0.05) is 61.0 Å². The third-order valence-corrected chi connectivity index (χ3v) is 7.65. The monoisotopic (exact) mass is 584 g/mol. The number of hydrogen-bond acceptors (Lipinski definition) is 7. The number of anilines is 1. The number of carbonyl (C=O) groups excluding carboxylic acids is 3. The van der Waals surface area contributed by atoms with Gasteiger partial charge in [0, 0.05) is 11.6 Å². The van der Waals surface area contributed by atoms with Crippen LogP contribution in [0.4, 0.5) is 15.3 Å². The molecule has 0 spiro atoms. The highest BCUT2D eigenvalue weighted by Crippen LogP contribution is 2.44. The molecule has 3 N–H and O–H groups in total. The number of benzene rings is 2. The van der Waals surface area contributed by atoms with E-state index in [-0.39, 0.29) is 36.0 Å². The Balaban J connectivity index is 1.60. The van der Waals surface area contributed by atoms with E-state index in [9.17, 15) is 19.5 Å². The van der Waals surface area contributed by atoms with Crippen molar-refractivity contribution in [3.05, 3.63) is 64.7 Å². The Morgan fingerprint density at radius 3 is 2.41 bits per heavy atom. The van der Waals surface area contributed by atoms with Gasteiger partial charge in [0.05, 0.1) is 28.3 Å². The van der Waals surface area contributed by atoms with Gasteiger partial charge in [-0.3, -0.25) is 20.3 Å². The largest absolute Gasteiger partial charge is 0.444 e. The fourth-order valence-corrected chi connectivity index (χ4v) is 5.42. The molecule has 0 unspecified atom stereocenters. The van der Waals surface area contributed by atoms with Crippen LogP contribution in [-0.4, -0.2) is 51.3 Å². The molecule has 1 atom stereocenters. The zero-order valence-electron chi connectivity index (χ0n) is 24.0. The van der Waals surface area contributed by atoms with Gasteiger partial charge >= 0.3 is 12.2 Å². The van der Waals surface area contributed by atoms with E-state index in [4.69, 9.17) is 26.1 Å². The van der Waals surface area contributed by atoms with Gasteiger partial charge in [0.15, 0.2) is 0 Å². The molecule has 1 aliphatic heterocycles. The van der Waals surface area contributed by atoms with Crippen molar-refractivity contribution in [3.63, 3.8) is 0 Å². The predicted octanol–water partition coefficient (Wildman–Crippen LogP) is 5.72. The average molecular weight is 585 g/mol. The second-order valence-electron chi connectivity index (χ2n) is 11.8. The highest BCUT2D eigenvalue weighted by Gasteiger charge is 2.50. The Labute approximate surface area is 245 Å². The third kappa shape index (κ3) is 7.18. The number of hydrogen-bond donors (Lipinski definition) is 3. The first kappa shape index (κ1) is 30.3. The molecule has 1 aliphatic carbocycles. The molecule has 0 saturated heterocycles. The molecule has 2 aromatic rings.